The van der Waals surface area contributed by atoms with E-state index >= 15 is 0 Å². The van der Waals surface area contributed by atoms with E-state index < -0.39 is 6.10 Å². The van der Waals surface area contributed by atoms with Crippen LogP contribution in [0.2, 0.25) is 0 Å². The smallest absolute Gasteiger partial charge is 0.162 e. The van der Waals surface area contributed by atoms with Gasteiger partial charge in [0.05, 0.1) is 6.10 Å². The topological polar surface area (TPSA) is 37.3 Å². The van der Waals surface area contributed by atoms with E-state index in [0.717, 1.165) is 16.7 Å². The lowest BCUT2D eigenvalue weighted by Crippen LogP contribution is -2.06. The van der Waals surface area contributed by atoms with Crippen LogP contribution in [0.4, 0.5) is 0 Å². The van der Waals surface area contributed by atoms with Crippen LogP contribution in [0.3, 0.4) is 0 Å². The van der Waals surface area contributed by atoms with E-state index in [1.807, 2.05) is 50.2 Å². The zero-order chi connectivity index (χ0) is 16.5. The number of aliphatic hydroxyl groups excluding tert-OH is 1. The number of Topliss-reactive ketones (excluding diaryl/α,β-unsaturated/α-hetero) is 1. The zero-order valence-electron chi connectivity index (χ0n) is 14.0. The molecular weight excluding hydrogens is 272 g/mol. The van der Waals surface area contributed by atoms with Crippen LogP contribution >= 0.6 is 0 Å². The minimum absolute atomic E-state index is 0.114. The second-order valence-electron chi connectivity index (χ2n) is 5.84. The number of aryl methyl sites for hydroxylation is 3. The molecule has 2 nitrogen and oxygen atoms in total. The molecule has 0 saturated heterocycles. The lowest BCUT2D eigenvalue weighted by atomic mass is 10.0. The fourth-order valence-electron chi connectivity index (χ4n) is 2.15. The predicted molar refractivity (Wildman–Crippen MR) is 92.3 cm³/mol. The molecule has 1 unspecified atom stereocenters. The average Bonchev–Trinajstić information content (AvgIpc) is 2.45. The first-order chi connectivity index (χ1) is 10.4. The standard InChI is InChI=1S/C13H18O2.C7H8/c1-9-6-10(2)8-12(7-9)13(15)5-4-11(3)14;1-7-5-3-2-4-6-7/h6-8,11,14H,4-5H2,1-3H3;2-6H,1H3. The summed E-state index contributed by atoms with van der Waals surface area (Å²) >= 11 is 0. The van der Waals surface area contributed by atoms with Gasteiger partial charge in [0.1, 0.15) is 0 Å². The molecule has 2 aromatic rings. The van der Waals surface area contributed by atoms with Crippen LogP contribution in [0, 0.1) is 20.8 Å². The minimum Gasteiger partial charge on any atom is -0.393 e. The molecule has 0 bridgehead atoms. The highest BCUT2D eigenvalue weighted by Crippen LogP contribution is 2.12. The lowest BCUT2D eigenvalue weighted by molar-refractivity contribution is 0.0949. The second-order valence-corrected chi connectivity index (χ2v) is 5.84. The van der Waals surface area contributed by atoms with Crippen molar-refractivity contribution in [2.75, 3.05) is 0 Å². The van der Waals surface area contributed by atoms with Crippen molar-refractivity contribution in [2.24, 2.45) is 0 Å². The van der Waals surface area contributed by atoms with Gasteiger partial charge in [0.15, 0.2) is 5.78 Å². The largest absolute Gasteiger partial charge is 0.393 e. The van der Waals surface area contributed by atoms with Gasteiger partial charge in [-0.3, -0.25) is 4.79 Å². The second kappa shape index (κ2) is 9.16. The van der Waals surface area contributed by atoms with Gasteiger partial charge >= 0.3 is 0 Å². The normalized spacial score (nSPS) is 11.3. The van der Waals surface area contributed by atoms with Crippen LogP contribution in [0.25, 0.3) is 0 Å². The Kier molecular flexibility index (Phi) is 7.55. The molecule has 0 aliphatic rings. The van der Waals surface area contributed by atoms with E-state index in [2.05, 4.69) is 19.1 Å². The number of hydrogen-bond acceptors (Lipinski definition) is 2. The Balaban J connectivity index is 0.000000287. The van der Waals surface area contributed by atoms with Crippen molar-refractivity contribution in [1.82, 2.24) is 0 Å². The number of hydrogen-bond donors (Lipinski definition) is 1. The maximum atomic E-state index is 11.7. The summed E-state index contributed by atoms with van der Waals surface area (Å²) in [4.78, 5) is 11.7. The summed E-state index contributed by atoms with van der Waals surface area (Å²) in [6, 6.07) is 16.1. The van der Waals surface area contributed by atoms with Crippen LogP contribution in [0.15, 0.2) is 48.5 Å². The Labute approximate surface area is 133 Å². The summed E-state index contributed by atoms with van der Waals surface area (Å²) < 4.78 is 0. The van der Waals surface area contributed by atoms with Crippen molar-refractivity contribution >= 4 is 5.78 Å². The molecular formula is C20H26O2. The van der Waals surface area contributed by atoms with E-state index in [4.69, 9.17) is 5.11 Å². The molecule has 22 heavy (non-hydrogen) atoms. The molecule has 2 aromatic carbocycles. The number of carbonyl (C=O) groups is 1. The van der Waals surface area contributed by atoms with Gasteiger partial charge in [0.25, 0.3) is 0 Å². The van der Waals surface area contributed by atoms with Gasteiger partial charge in [0, 0.05) is 12.0 Å². The molecule has 1 N–H and O–H groups in total. The number of aliphatic hydroxyl groups is 1. The van der Waals surface area contributed by atoms with Gasteiger partial charge in [-0.25, -0.2) is 0 Å². The number of rotatable bonds is 4. The fraction of sp³-hybridized carbons (Fsp3) is 0.350. The van der Waals surface area contributed by atoms with E-state index in [1.54, 1.807) is 6.92 Å². The Morgan fingerprint density at radius 1 is 0.955 bits per heavy atom. The first-order valence-corrected chi connectivity index (χ1v) is 7.69. The number of carbonyl (C=O) groups excluding carboxylic acids is 1. The van der Waals surface area contributed by atoms with Crippen molar-refractivity contribution in [1.29, 1.82) is 0 Å². The van der Waals surface area contributed by atoms with Gasteiger partial charge in [-0.05, 0) is 46.2 Å². The predicted octanol–water partition coefficient (Wildman–Crippen LogP) is 4.64. The zero-order valence-corrected chi connectivity index (χ0v) is 14.0. The molecule has 0 radical (unpaired) electrons. The Hall–Kier alpha value is -1.93. The summed E-state index contributed by atoms with van der Waals surface area (Å²) in [7, 11) is 0. The first-order valence-electron chi connectivity index (χ1n) is 7.69. The Morgan fingerprint density at radius 2 is 1.50 bits per heavy atom. The van der Waals surface area contributed by atoms with Crippen molar-refractivity contribution in [3.05, 3.63) is 70.8 Å². The Bertz CT molecular complexity index is 566. The highest BCUT2D eigenvalue weighted by Gasteiger charge is 2.08. The molecule has 2 rings (SSSR count). The third-order valence-corrected chi connectivity index (χ3v) is 3.27. The van der Waals surface area contributed by atoms with Gasteiger partial charge in [-0.2, -0.15) is 0 Å². The maximum absolute atomic E-state index is 11.7. The summed E-state index contributed by atoms with van der Waals surface area (Å²) in [5.41, 5.74) is 4.29. The van der Waals surface area contributed by atoms with Gasteiger partial charge in [-0.1, -0.05) is 53.1 Å². The van der Waals surface area contributed by atoms with E-state index in [-0.39, 0.29) is 5.78 Å². The molecule has 0 saturated carbocycles. The molecule has 0 aromatic heterocycles. The highest BCUT2D eigenvalue weighted by molar-refractivity contribution is 5.96. The molecule has 0 fully saturated rings. The third-order valence-electron chi connectivity index (χ3n) is 3.27. The average molecular weight is 298 g/mol. The molecule has 118 valence electrons. The van der Waals surface area contributed by atoms with E-state index in [0.29, 0.717) is 12.8 Å². The van der Waals surface area contributed by atoms with Crippen LogP contribution in [-0.2, 0) is 0 Å². The summed E-state index contributed by atoms with van der Waals surface area (Å²) in [5, 5.41) is 9.11. The monoisotopic (exact) mass is 298 g/mol. The van der Waals surface area contributed by atoms with Crippen LogP contribution in [0.5, 0.6) is 0 Å². The summed E-state index contributed by atoms with van der Waals surface area (Å²) in [6.07, 6.45) is 0.548. The molecule has 0 heterocycles. The van der Waals surface area contributed by atoms with E-state index in [9.17, 15) is 4.79 Å². The lowest BCUT2D eigenvalue weighted by Gasteiger charge is -2.05. The van der Waals surface area contributed by atoms with Gasteiger partial charge < -0.3 is 5.11 Å². The Morgan fingerprint density at radius 3 is 1.91 bits per heavy atom. The van der Waals surface area contributed by atoms with Crippen LogP contribution in [0.1, 0.15) is 46.8 Å². The van der Waals surface area contributed by atoms with Crippen molar-refractivity contribution in [3.8, 4) is 0 Å². The van der Waals surface area contributed by atoms with Gasteiger partial charge in [-0.15, -0.1) is 0 Å². The number of benzene rings is 2. The summed E-state index contributed by atoms with van der Waals surface area (Å²) in [6.45, 7) is 7.76. The molecule has 0 aliphatic heterocycles. The van der Waals surface area contributed by atoms with Crippen molar-refractivity contribution < 1.29 is 9.90 Å². The molecule has 2 heteroatoms. The first kappa shape index (κ1) is 18.1. The SMILES string of the molecule is Cc1cc(C)cc(C(=O)CCC(C)O)c1.Cc1ccccc1. The fourth-order valence-corrected chi connectivity index (χ4v) is 2.15. The molecule has 1 atom stereocenters. The highest BCUT2D eigenvalue weighted by atomic mass is 16.3. The van der Waals surface area contributed by atoms with Gasteiger partial charge in [0.2, 0.25) is 0 Å². The number of ketones is 1. The van der Waals surface area contributed by atoms with Crippen LogP contribution in [-0.4, -0.2) is 17.0 Å². The van der Waals surface area contributed by atoms with E-state index in [1.165, 1.54) is 5.56 Å². The third kappa shape index (κ3) is 7.19. The van der Waals surface area contributed by atoms with Crippen molar-refractivity contribution in [2.45, 2.75) is 46.6 Å². The minimum atomic E-state index is -0.403. The van der Waals surface area contributed by atoms with Crippen LogP contribution < -0.4 is 0 Å². The quantitative estimate of drug-likeness (QED) is 0.835. The molecule has 0 aliphatic carbocycles. The molecule has 0 amide bonds. The maximum Gasteiger partial charge on any atom is 0.162 e. The summed E-state index contributed by atoms with van der Waals surface area (Å²) in [5.74, 6) is 0.114. The molecule has 0 spiro atoms. The van der Waals surface area contributed by atoms with Crippen molar-refractivity contribution in [3.63, 3.8) is 0 Å².